The number of halogens is 1. The molecule has 7 heteroatoms. The molecule has 0 amide bonds. The largest absolute Gasteiger partial charge is 0.489 e. The first-order chi connectivity index (χ1) is 12.5. The summed E-state index contributed by atoms with van der Waals surface area (Å²) in [5, 5.41) is 15.1. The van der Waals surface area contributed by atoms with Crippen LogP contribution < -0.4 is 15.4 Å². The average Bonchev–Trinajstić information content (AvgIpc) is 2.61. The summed E-state index contributed by atoms with van der Waals surface area (Å²) in [6.07, 6.45) is 1.63. The number of aromatic nitrogens is 3. The van der Waals surface area contributed by atoms with Gasteiger partial charge in [0.2, 0.25) is 5.95 Å². The minimum Gasteiger partial charge on any atom is -0.489 e. The minimum absolute atomic E-state index is 0.0736. The highest BCUT2D eigenvalue weighted by Gasteiger charge is 2.09. The molecular formula is C19H20ClN5O. The molecule has 0 saturated heterocycles. The van der Waals surface area contributed by atoms with Gasteiger partial charge in [-0.25, -0.2) is 0 Å². The van der Waals surface area contributed by atoms with Crippen molar-refractivity contribution in [1.29, 1.82) is 0 Å². The van der Waals surface area contributed by atoms with Crippen LogP contribution in [0.5, 0.6) is 5.75 Å². The highest BCUT2D eigenvalue weighted by atomic mass is 35.5. The van der Waals surface area contributed by atoms with Gasteiger partial charge in [0.1, 0.15) is 5.75 Å². The van der Waals surface area contributed by atoms with Gasteiger partial charge in [-0.1, -0.05) is 29.8 Å². The number of rotatable bonds is 6. The quantitative estimate of drug-likeness (QED) is 0.629. The van der Waals surface area contributed by atoms with E-state index in [2.05, 4.69) is 25.8 Å². The number of para-hydroxylation sites is 2. The lowest BCUT2D eigenvalue weighted by atomic mass is 10.2. The Morgan fingerprint density at radius 1 is 1.00 bits per heavy atom. The summed E-state index contributed by atoms with van der Waals surface area (Å²) >= 11 is 6.15. The lowest BCUT2D eigenvalue weighted by Crippen LogP contribution is -2.08. The fraction of sp³-hybridized carbons (Fsp3) is 0.211. The number of hydrogen-bond acceptors (Lipinski definition) is 6. The van der Waals surface area contributed by atoms with Crippen LogP contribution in [0, 0.1) is 6.92 Å². The highest BCUT2D eigenvalue weighted by Crippen LogP contribution is 2.28. The van der Waals surface area contributed by atoms with Crippen molar-refractivity contribution < 1.29 is 4.74 Å². The van der Waals surface area contributed by atoms with Gasteiger partial charge in [-0.15, -0.1) is 5.10 Å². The number of anilines is 4. The molecule has 1 aromatic heterocycles. The van der Waals surface area contributed by atoms with Crippen molar-refractivity contribution in [2.45, 2.75) is 26.9 Å². The van der Waals surface area contributed by atoms with Crippen molar-refractivity contribution in [3.05, 3.63) is 59.2 Å². The molecule has 3 rings (SSSR count). The van der Waals surface area contributed by atoms with E-state index in [-0.39, 0.29) is 6.10 Å². The minimum atomic E-state index is 0.0736. The standard InChI is InChI=1S/C19H20ClN5O/c1-12(2)26-17-10-5-4-8-16(17)22-18-11-21-25-19(24-18)23-15-9-6-7-14(20)13(15)3/h4-12H,1-3H3,(H2,22,23,24,25). The van der Waals surface area contributed by atoms with Crippen molar-refractivity contribution in [2.24, 2.45) is 0 Å². The molecule has 0 radical (unpaired) electrons. The maximum atomic E-state index is 6.15. The monoisotopic (exact) mass is 369 g/mol. The third-order valence-electron chi connectivity index (χ3n) is 3.59. The first-order valence-electron chi connectivity index (χ1n) is 8.27. The van der Waals surface area contributed by atoms with Gasteiger partial charge in [0.25, 0.3) is 0 Å². The molecule has 2 aromatic carbocycles. The van der Waals surface area contributed by atoms with Crippen LogP contribution in [0.25, 0.3) is 0 Å². The van der Waals surface area contributed by atoms with Crippen LogP contribution in [0.1, 0.15) is 19.4 Å². The summed E-state index contributed by atoms with van der Waals surface area (Å²) in [5.74, 6) is 1.69. The van der Waals surface area contributed by atoms with Crippen molar-refractivity contribution >= 4 is 34.7 Å². The molecule has 1 heterocycles. The predicted molar refractivity (Wildman–Crippen MR) is 105 cm³/mol. The van der Waals surface area contributed by atoms with E-state index in [1.54, 1.807) is 6.20 Å². The fourth-order valence-corrected chi connectivity index (χ4v) is 2.52. The van der Waals surface area contributed by atoms with Gasteiger partial charge in [0, 0.05) is 10.7 Å². The normalized spacial score (nSPS) is 10.7. The second-order valence-electron chi connectivity index (χ2n) is 5.99. The van der Waals surface area contributed by atoms with Crippen molar-refractivity contribution in [3.8, 4) is 5.75 Å². The van der Waals surface area contributed by atoms with Gasteiger partial charge in [0.15, 0.2) is 5.82 Å². The zero-order valence-corrected chi connectivity index (χ0v) is 15.6. The maximum Gasteiger partial charge on any atom is 0.249 e. The van der Waals surface area contributed by atoms with Crippen LogP contribution >= 0.6 is 11.6 Å². The van der Waals surface area contributed by atoms with Crippen LogP contribution in [0.2, 0.25) is 5.02 Å². The summed E-state index contributed by atoms with van der Waals surface area (Å²) < 4.78 is 5.82. The number of hydrogen-bond donors (Lipinski definition) is 2. The Morgan fingerprint density at radius 2 is 1.77 bits per heavy atom. The van der Waals surface area contributed by atoms with Crippen LogP contribution in [-0.2, 0) is 0 Å². The van der Waals surface area contributed by atoms with Crippen LogP contribution in [0.3, 0.4) is 0 Å². The van der Waals surface area contributed by atoms with E-state index in [0.717, 1.165) is 22.7 Å². The van der Waals surface area contributed by atoms with E-state index in [4.69, 9.17) is 16.3 Å². The molecule has 134 valence electrons. The zero-order chi connectivity index (χ0) is 18.5. The molecule has 3 aromatic rings. The molecule has 0 unspecified atom stereocenters. The summed E-state index contributed by atoms with van der Waals surface area (Å²) in [5.41, 5.74) is 2.57. The molecular weight excluding hydrogens is 350 g/mol. The van der Waals surface area contributed by atoms with Gasteiger partial charge in [-0.2, -0.15) is 10.1 Å². The molecule has 0 bridgehead atoms. The Labute approximate surface area is 157 Å². The number of ether oxygens (including phenoxy) is 1. The van der Waals surface area contributed by atoms with Gasteiger partial charge >= 0.3 is 0 Å². The second-order valence-corrected chi connectivity index (χ2v) is 6.40. The maximum absolute atomic E-state index is 6.15. The third-order valence-corrected chi connectivity index (χ3v) is 3.99. The molecule has 0 spiro atoms. The predicted octanol–water partition coefficient (Wildman–Crippen LogP) is 5.11. The molecule has 0 aliphatic heterocycles. The molecule has 0 saturated carbocycles. The smallest absolute Gasteiger partial charge is 0.249 e. The SMILES string of the molecule is Cc1c(Cl)cccc1Nc1nncc(Nc2ccccc2OC(C)C)n1. The summed E-state index contributed by atoms with van der Waals surface area (Å²) in [6, 6.07) is 13.3. The van der Waals surface area contributed by atoms with E-state index < -0.39 is 0 Å². The average molecular weight is 370 g/mol. The lowest BCUT2D eigenvalue weighted by Gasteiger charge is -2.15. The molecule has 0 aliphatic rings. The molecule has 0 aliphatic carbocycles. The Bertz CT molecular complexity index is 901. The van der Waals surface area contributed by atoms with E-state index in [0.29, 0.717) is 16.8 Å². The summed E-state index contributed by atoms with van der Waals surface area (Å²) in [4.78, 5) is 4.46. The Hall–Kier alpha value is -2.86. The van der Waals surface area contributed by atoms with Gasteiger partial charge in [-0.05, 0) is 50.6 Å². The molecule has 0 fully saturated rings. The van der Waals surface area contributed by atoms with Crippen molar-refractivity contribution in [1.82, 2.24) is 15.2 Å². The molecule has 0 atom stereocenters. The van der Waals surface area contributed by atoms with Crippen LogP contribution in [0.4, 0.5) is 23.1 Å². The highest BCUT2D eigenvalue weighted by molar-refractivity contribution is 6.31. The van der Waals surface area contributed by atoms with Gasteiger partial charge in [-0.3, -0.25) is 0 Å². The van der Waals surface area contributed by atoms with Gasteiger partial charge < -0.3 is 15.4 Å². The van der Waals surface area contributed by atoms with Crippen LogP contribution in [0.15, 0.2) is 48.7 Å². The summed E-state index contributed by atoms with van der Waals surface area (Å²) in [7, 11) is 0. The fourth-order valence-electron chi connectivity index (χ4n) is 2.34. The first-order valence-corrected chi connectivity index (χ1v) is 8.65. The Kier molecular flexibility index (Phi) is 5.53. The second kappa shape index (κ2) is 8.01. The number of nitrogens with one attached hydrogen (secondary N) is 2. The van der Waals surface area contributed by atoms with Crippen molar-refractivity contribution in [2.75, 3.05) is 10.6 Å². The van der Waals surface area contributed by atoms with E-state index in [1.165, 1.54) is 0 Å². The van der Waals surface area contributed by atoms with E-state index in [9.17, 15) is 0 Å². The molecule has 6 nitrogen and oxygen atoms in total. The molecule has 2 N–H and O–H groups in total. The molecule has 26 heavy (non-hydrogen) atoms. The summed E-state index contributed by atoms with van der Waals surface area (Å²) in [6.45, 7) is 5.90. The van der Waals surface area contributed by atoms with E-state index in [1.807, 2.05) is 63.2 Å². The van der Waals surface area contributed by atoms with Gasteiger partial charge in [0.05, 0.1) is 18.0 Å². The van der Waals surface area contributed by atoms with E-state index >= 15 is 0 Å². The number of benzene rings is 2. The third kappa shape index (κ3) is 4.40. The van der Waals surface area contributed by atoms with Crippen LogP contribution in [-0.4, -0.2) is 21.3 Å². The Morgan fingerprint density at radius 3 is 2.58 bits per heavy atom. The first kappa shape index (κ1) is 17.9. The topological polar surface area (TPSA) is 72.0 Å². The Balaban J connectivity index is 1.81. The number of nitrogens with zero attached hydrogens (tertiary/aromatic N) is 3. The zero-order valence-electron chi connectivity index (χ0n) is 14.8. The lowest BCUT2D eigenvalue weighted by molar-refractivity contribution is 0.244. The van der Waals surface area contributed by atoms with Crippen molar-refractivity contribution in [3.63, 3.8) is 0 Å².